The van der Waals surface area contributed by atoms with Crippen LogP contribution in [0.15, 0.2) is 18.2 Å². The first-order chi connectivity index (χ1) is 9.49. The maximum Gasteiger partial charge on any atom is 0.310 e. The number of carboxylic acid groups (broad SMARTS) is 1. The molecule has 0 atom stereocenters. The molecule has 0 aromatic heterocycles. The second-order valence-corrected chi connectivity index (χ2v) is 6.38. The highest BCUT2D eigenvalue weighted by atomic mass is 35.5. The molecule has 0 saturated heterocycles. The van der Waals surface area contributed by atoms with Crippen molar-refractivity contribution >= 4 is 23.3 Å². The summed E-state index contributed by atoms with van der Waals surface area (Å²) < 4.78 is 0. The van der Waals surface area contributed by atoms with Gasteiger partial charge in [-0.05, 0) is 39.8 Å². The Morgan fingerprint density at radius 1 is 1.38 bits per heavy atom. The highest BCUT2D eigenvalue weighted by Crippen LogP contribution is 2.32. The fraction of sp³-hybridized carbons (Fsp3) is 0.500. The third-order valence-corrected chi connectivity index (χ3v) is 4.29. The van der Waals surface area contributed by atoms with E-state index in [1.807, 2.05) is 0 Å². The molecule has 116 valence electrons. The molecule has 1 rings (SSSR count). The van der Waals surface area contributed by atoms with Crippen LogP contribution in [0, 0.1) is 15.5 Å². The molecule has 1 aromatic carbocycles. The van der Waals surface area contributed by atoms with Crippen molar-refractivity contribution in [1.82, 2.24) is 5.32 Å². The van der Waals surface area contributed by atoms with Gasteiger partial charge in [0.15, 0.2) is 0 Å². The second-order valence-electron chi connectivity index (χ2n) is 5.94. The minimum atomic E-state index is -1.04. The zero-order chi connectivity index (χ0) is 16.4. The van der Waals surface area contributed by atoms with Gasteiger partial charge in [0.2, 0.25) is 0 Å². The molecule has 1 aromatic rings. The highest BCUT2D eigenvalue weighted by molar-refractivity contribution is 6.30. The summed E-state index contributed by atoms with van der Waals surface area (Å²) in [6.45, 7) is 6.86. The molecular weight excluding hydrogens is 296 g/mol. The van der Waals surface area contributed by atoms with Crippen molar-refractivity contribution in [3.05, 3.63) is 38.9 Å². The number of aliphatic carboxylic acids is 1. The van der Waals surface area contributed by atoms with Gasteiger partial charge in [0.05, 0.1) is 10.3 Å². The number of rotatable bonds is 6. The van der Waals surface area contributed by atoms with Crippen LogP contribution >= 0.6 is 11.6 Å². The third kappa shape index (κ3) is 3.71. The van der Waals surface area contributed by atoms with E-state index in [0.29, 0.717) is 10.6 Å². The first-order valence-corrected chi connectivity index (χ1v) is 6.78. The molecule has 0 radical (unpaired) electrons. The van der Waals surface area contributed by atoms with Crippen LogP contribution in [0.3, 0.4) is 0 Å². The van der Waals surface area contributed by atoms with Crippen LogP contribution in [0.2, 0.25) is 5.02 Å². The number of nitrogens with zero attached hydrogens (tertiary/aromatic N) is 1. The molecule has 21 heavy (non-hydrogen) atoms. The van der Waals surface area contributed by atoms with E-state index in [9.17, 15) is 20.0 Å². The van der Waals surface area contributed by atoms with E-state index in [1.165, 1.54) is 18.2 Å². The largest absolute Gasteiger partial charge is 0.481 e. The van der Waals surface area contributed by atoms with Gasteiger partial charge in [-0.1, -0.05) is 11.6 Å². The zero-order valence-corrected chi connectivity index (χ0v) is 13.2. The molecule has 0 fully saturated rings. The molecule has 0 saturated carbocycles. The van der Waals surface area contributed by atoms with Crippen molar-refractivity contribution in [1.29, 1.82) is 0 Å². The Morgan fingerprint density at radius 3 is 2.43 bits per heavy atom. The summed E-state index contributed by atoms with van der Waals surface area (Å²) >= 11 is 5.87. The van der Waals surface area contributed by atoms with E-state index >= 15 is 0 Å². The lowest BCUT2D eigenvalue weighted by atomic mass is 9.74. The molecule has 0 unspecified atom stereocenters. The topological polar surface area (TPSA) is 92.5 Å². The van der Waals surface area contributed by atoms with Gasteiger partial charge in [0, 0.05) is 28.7 Å². The normalized spacial score (nSPS) is 12.2. The Bertz CT molecular complexity index is 570. The van der Waals surface area contributed by atoms with Crippen molar-refractivity contribution in [2.75, 3.05) is 0 Å². The van der Waals surface area contributed by atoms with Crippen LogP contribution in [0.1, 0.15) is 33.3 Å². The third-order valence-electron chi connectivity index (χ3n) is 4.06. The van der Waals surface area contributed by atoms with E-state index < -0.39 is 21.8 Å². The van der Waals surface area contributed by atoms with Crippen LogP contribution in [0.5, 0.6) is 0 Å². The number of nitro benzene ring substituents is 1. The van der Waals surface area contributed by atoms with E-state index in [2.05, 4.69) is 5.32 Å². The van der Waals surface area contributed by atoms with Crippen LogP contribution < -0.4 is 5.32 Å². The minimum Gasteiger partial charge on any atom is -0.481 e. The van der Waals surface area contributed by atoms with Gasteiger partial charge in [-0.3, -0.25) is 14.9 Å². The molecule has 0 spiro atoms. The highest BCUT2D eigenvalue weighted by Gasteiger charge is 2.43. The van der Waals surface area contributed by atoms with Crippen molar-refractivity contribution in [2.45, 2.75) is 39.8 Å². The van der Waals surface area contributed by atoms with Crippen LogP contribution in [0.25, 0.3) is 0 Å². The zero-order valence-electron chi connectivity index (χ0n) is 12.4. The second kappa shape index (κ2) is 5.99. The Balaban J connectivity index is 3.01. The average molecular weight is 315 g/mol. The Hall–Kier alpha value is -1.66. The molecule has 0 heterocycles. The number of carbonyl (C=O) groups is 1. The molecule has 6 nitrogen and oxygen atoms in total. The van der Waals surface area contributed by atoms with Crippen molar-refractivity contribution in [2.24, 2.45) is 5.41 Å². The summed E-state index contributed by atoms with van der Waals surface area (Å²) in [5.74, 6) is -0.944. The summed E-state index contributed by atoms with van der Waals surface area (Å²) in [6, 6.07) is 4.31. The number of nitro groups is 1. The van der Waals surface area contributed by atoms with Gasteiger partial charge in [0.1, 0.15) is 0 Å². The SMILES string of the molecule is CC(C)(NCc1cc(Cl)ccc1[N+](=O)[O-])C(C)(C)C(=O)O. The molecule has 0 bridgehead atoms. The lowest BCUT2D eigenvalue weighted by Crippen LogP contribution is -2.54. The lowest BCUT2D eigenvalue weighted by Gasteiger charge is -2.39. The van der Waals surface area contributed by atoms with Crippen LogP contribution in [-0.2, 0) is 11.3 Å². The molecule has 0 aliphatic carbocycles. The van der Waals surface area contributed by atoms with Crippen LogP contribution in [0.4, 0.5) is 5.69 Å². The van der Waals surface area contributed by atoms with Gasteiger partial charge in [-0.15, -0.1) is 0 Å². The number of halogens is 1. The van der Waals surface area contributed by atoms with Gasteiger partial charge in [-0.25, -0.2) is 0 Å². The maximum absolute atomic E-state index is 11.3. The fourth-order valence-corrected chi connectivity index (χ4v) is 1.87. The van der Waals surface area contributed by atoms with Crippen molar-refractivity contribution in [3.8, 4) is 0 Å². The predicted octanol–water partition coefficient (Wildman–Crippen LogP) is 3.23. The van der Waals surface area contributed by atoms with Gasteiger partial charge in [0.25, 0.3) is 5.69 Å². The number of hydrogen-bond donors (Lipinski definition) is 2. The average Bonchev–Trinajstić information content (AvgIpc) is 2.35. The predicted molar refractivity (Wildman–Crippen MR) is 80.4 cm³/mol. The molecule has 7 heteroatoms. The Labute approximate surface area is 128 Å². The molecular formula is C14H19ClN2O4. The summed E-state index contributed by atoms with van der Waals surface area (Å²) in [5.41, 5.74) is -1.44. The molecule has 0 aliphatic rings. The van der Waals surface area contributed by atoms with E-state index in [1.54, 1.807) is 27.7 Å². The number of carboxylic acids is 1. The van der Waals surface area contributed by atoms with E-state index in [4.69, 9.17) is 11.6 Å². The van der Waals surface area contributed by atoms with Gasteiger partial charge < -0.3 is 10.4 Å². The van der Waals surface area contributed by atoms with Gasteiger partial charge >= 0.3 is 5.97 Å². The molecule has 0 amide bonds. The summed E-state index contributed by atoms with van der Waals surface area (Å²) in [6.07, 6.45) is 0. The monoisotopic (exact) mass is 314 g/mol. The van der Waals surface area contributed by atoms with Gasteiger partial charge in [-0.2, -0.15) is 0 Å². The minimum absolute atomic E-state index is 0.0455. The lowest BCUT2D eigenvalue weighted by molar-refractivity contribution is -0.385. The quantitative estimate of drug-likeness (QED) is 0.621. The van der Waals surface area contributed by atoms with Crippen LogP contribution in [-0.4, -0.2) is 21.5 Å². The smallest absolute Gasteiger partial charge is 0.310 e. The molecule has 2 N–H and O–H groups in total. The first-order valence-electron chi connectivity index (χ1n) is 6.40. The fourth-order valence-electron chi connectivity index (χ4n) is 1.68. The standard InChI is InChI=1S/C14H19ClN2O4/c1-13(2,12(18)19)14(3,4)16-8-9-7-10(15)5-6-11(9)17(20)21/h5-7,16H,8H2,1-4H3,(H,18,19). The summed E-state index contributed by atoms with van der Waals surface area (Å²) in [7, 11) is 0. The number of hydrogen-bond acceptors (Lipinski definition) is 4. The van der Waals surface area contributed by atoms with Crippen molar-refractivity contribution in [3.63, 3.8) is 0 Å². The summed E-state index contributed by atoms with van der Waals surface area (Å²) in [4.78, 5) is 21.9. The number of nitrogens with one attached hydrogen (secondary N) is 1. The number of benzene rings is 1. The first kappa shape index (κ1) is 17.4. The Kier molecular flexibility index (Phi) is 4.96. The van der Waals surface area contributed by atoms with E-state index in [0.717, 1.165) is 0 Å². The Morgan fingerprint density at radius 2 is 1.95 bits per heavy atom. The van der Waals surface area contributed by atoms with Crippen molar-refractivity contribution < 1.29 is 14.8 Å². The molecule has 0 aliphatic heterocycles. The summed E-state index contributed by atoms with van der Waals surface area (Å²) in [5, 5.41) is 23.8. The maximum atomic E-state index is 11.3. The van der Waals surface area contributed by atoms with E-state index in [-0.39, 0.29) is 12.2 Å².